The summed E-state index contributed by atoms with van der Waals surface area (Å²) in [5.41, 5.74) is 2.09. The number of hydrogen-bond donors (Lipinski definition) is 0. The molecule has 13 heavy (non-hydrogen) atoms. The number of rotatable bonds is 1. The van der Waals surface area contributed by atoms with Crippen LogP contribution in [0.3, 0.4) is 0 Å². The van der Waals surface area contributed by atoms with Crippen LogP contribution in [0.15, 0.2) is 18.2 Å². The standard InChI is InChI=1S/C11H10O2/c12-10-6-13-11-4-3-8(5-9(10)11)7-1-2-7/h3-5,7H,1-2,6H2. The number of ketones is 1. The van der Waals surface area contributed by atoms with Crippen molar-refractivity contribution in [2.45, 2.75) is 18.8 Å². The summed E-state index contributed by atoms with van der Waals surface area (Å²) in [5.74, 6) is 1.59. The predicted octanol–water partition coefficient (Wildman–Crippen LogP) is 2.14. The Balaban J connectivity index is 2.09. The van der Waals surface area contributed by atoms with Gasteiger partial charge in [-0.15, -0.1) is 0 Å². The molecule has 0 radical (unpaired) electrons. The fraction of sp³-hybridized carbons (Fsp3) is 0.364. The molecule has 0 atom stereocenters. The Morgan fingerprint density at radius 1 is 1.31 bits per heavy atom. The minimum Gasteiger partial charge on any atom is -0.485 e. The van der Waals surface area contributed by atoms with Gasteiger partial charge < -0.3 is 4.74 Å². The molecular formula is C11H10O2. The summed E-state index contributed by atoms with van der Waals surface area (Å²) in [5, 5.41) is 0. The predicted molar refractivity (Wildman–Crippen MR) is 48.2 cm³/mol. The lowest BCUT2D eigenvalue weighted by Crippen LogP contribution is -1.99. The highest BCUT2D eigenvalue weighted by atomic mass is 16.5. The summed E-state index contributed by atoms with van der Waals surface area (Å²) in [4.78, 5) is 11.3. The molecule has 2 nitrogen and oxygen atoms in total. The molecule has 1 saturated carbocycles. The minimum atomic E-state index is 0.123. The van der Waals surface area contributed by atoms with Crippen molar-refractivity contribution in [1.82, 2.24) is 0 Å². The van der Waals surface area contributed by atoms with Crippen LogP contribution in [0.4, 0.5) is 0 Å². The van der Waals surface area contributed by atoms with Crippen LogP contribution in [-0.2, 0) is 0 Å². The smallest absolute Gasteiger partial charge is 0.203 e. The second-order valence-electron chi connectivity index (χ2n) is 3.74. The van der Waals surface area contributed by atoms with E-state index in [2.05, 4.69) is 6.07 Å². The van der Waals surface area contributed by atoms with Gasteiger partial charge in [-0.05, 0) is 36.5 Å². The third-order valence-corrected chi connectivity index (χ3v) is 2.71. The Kier molecular flexibility index (Phi) is 1.29. The Morgan fingerprint density at radius 2 is 2.15 bits per heavy atom. The van der Waals surface area contributed by atoms with Gasteiger partial charge in [0.1, 0.15) is 5.75 Å². The maximum atomic E-state index is 11.3. The molecule has 0 unspecified atom stereocenters. The first kappa shape index (κ1) is 7.13. The number of carbonyl (C=O) groups is 1. The highest BCUT2D eigenvalue weighted by Crippen LogP contribution is 2.41. The Labute approximate surface area is 76.5 Å². The van der Waals surface area contributed by atoms with Crippen molar-refractivity contribution < 1.29 is 9.53 Å². The molecule has 1 heterocycles. The Morgan fingerprint density at radius 3 is 2.92 bits per heavy atom. The molecular weight excluding hydrogens is 164 g/mol. The molecule has 1 aliphatic carbocycles. The van der Waals surface area contributed by atoms with Gasteiger partial charge in [0, 0.05) is 0 Å². The molecule has 0 bridgehead atoms. The number of fused-ring (bicyclic) bond motifs is 1. The van der Waals surface area contributed by atoms with E-state index in [0.717, 1.165) is 11.3 Å². The number of benzene rings is 1. The maximum Gasteiger partial charge on any atom is 0.203 e. The van der Waals surface area contributed by atoms with Crippen molar-refractivity contribution in [2.75, 3.05) is 6.61 Å². The molecule has 0 aromatic heterocycles. The fourth-order valence-electron chi connectivity index (χ4n) is 1.78. The Hall–Kier alpha value is -1.31. The topological polar surface area (TPSA) is 26.3 Å². The van der Waals surface area contributed by atoms with Crippen LogP contribution in [0.5, 0.6) is 5.75 Å². The van der Waals surface area contributed by atoms with E-state index >= 15 is 0 Å². The number of Topliss-reactive ketones (excluding diaryl/α,β-unsaturated/α-hetero) is 1. The molecule has 1 aromatic rings. The molecule has 0 spiro atoms. The van der Waals surface area contributed by atoms with Crippen molar-refractivity contribution in [1.29, 1.82) is 0 Å². The highest BCUT2D eigenvalue weighted by Gasteiger charge is 2.27. The van der Waals surface area contributed by atoms with Crippen LogP contribution < -0.4 is 4.74 Å². The summed E-state index contributed by atoms with van der Waals surface area (Å²) in [7, 11) is 0. The van der Waals surface area contributed by atoms with E-state index in [9.17, 15) is 4.79 Å². The van der Waals surface area contributed by atoms with Gasteiger partial charge >= 0.3 is 0 Å². The highest BCUT2D eigenvalue weighted by molar-refractivity contribution is 6.02. The van der Waals surface area contributed by atoms with E-state index in [-0.39, 0.29) is 12.4 Å². The zero-order valence-electron chi connectivity index (χ0n) is 7.25. The summed E-state index contributed by atoms with van der Waals surface area (Å²) in [6.45, 7) is 0.226. The van der Waals surface area contributed by atoms with Crippen molar-refractivity contribution in [3.63, 3.8) is 0 Å². The maximum absolute atomic E-state index is 11.3. The van der Waals surface area contributed by atoms with Crippen molar-refractivity contribution >= 4 is 5.78 Å². The van der Waals surface area contributed by atoms with Crippen LogP contribution in [0.1, 0.15) is 34.7 Å². The van der Waals surface area contributed by atoms with E-state index in [4.69, 9.17) is 4.74 Å². The summed E-state index contributed by atoms with van der Waals surface area (Å²) >= 11 is 0. The molecule has 1 fully saturated rings. The van der Waals surface area contributed by atoms with Crippen LogP contribution in [-0.4, -0.2) is 12.4 Å². The first-order valence-corrected chi connectivity index (χ1v) is 4.64. The summed E-state index contributed by atoms with van der Waals surface area (Å²) in [6.07, 6.45) is 2.54. The molecule has 0 saturated heterocycles. The largest absolute Gasteiger partial charge is 0.485 e. The lowest BCUT2D eigenvalue weighted by molar-refractivity contribution is 0.0961. The first-order chi connectivity index (χ1) is 6.34. The van der Waals surface area contributed by atoms with Gasteiger partial charge in [-0.1, -0.05) is 6.07 Å². The van der Waals surface area contributed by atoms with E-state index in [1.807, 2.05) is 12.1 Å². The van der Waals surface area contributed by atoms with Crippen molar-refractivity contribution in [3.8, 4) is 5.75 Å². The minimum absolute atomic E-state index is 0.123. The van der Waals surface area contributed by atoms with Gasteiger partial charge in [0.2, 0.25) is 5.78 Å². The van der Waals surface area contributed by atoms with Gasteiger partial charge in [0.25, 0.3) is 0 Å². The Bertz CT molecular complexity index is 378. The lowest BCUT2D eigenvalue weighted by Gasteiger charge is -2.00. The summed E-state index contributed by atoms with van der Waals surface area (Å²) in [6, 6.07) is 6.01. The van der Waals surface area contributed by atoms with E-state index in [1.54, 1.807) is 0 Å². The van der Waals surface area contributed by atoms with Gasteiger partial charge in [-0.2, -0.15) is 0 Å². The third kappa shape index (κ3) is 1.05. The zero-order valence-corrected chi connectivity index (χ0v) is 7.25. The van der Waals surface area contributed by atoms with Crippen molar-refractivity contribution in [3.05, 3.63) is 29.3 Å². The number of ether oxygens (including phenoxy) is 1. The zero-order chi connectivity index (χ0) is 8.84. The molecule has 0 N–H and O–H groups in total. The monoisotopic (exact) mass is 174 g/mol. The molecule has 1 aliphatic heterocycles. The average Bonchev–Trinajstić information content (AvgIpc) is 2.93. The van der Waals surface area contributed by atoms with Crippen LogP contribution >= 0.6 is 0 Å². The van der Waals surface area contributed by atoms with Crippen LogP contribution in [0.25, 0.3) is 0 Å². The van der Waals surface area contributed by atoms with Gasteiger partial charge in [-0.3, -0.25) is 4.79 Å². The van der Waals surface area contributed by atoms with E-state index in [0.29, 0.717) is 5.92 Å². The second-order valence-corrected chi connectivity index (χ2v) is 3.74. The van der Waals surface area contributed by atoms with Gasteiger partial charge in [-0.25, -0.2) is 0 Å². The lowest BCUT2D eigenvalue weighted by atomic mass is 10.1. The van der Waals surface area contributed by atoms with Crippen LogP contribution in [0, 0.1) is 0 Å². The second kappa shape index (κ2) is 2.34. The van der Waals surface area contributed by atoms with Crippen molar-refractivity contribution in [2.24, 2.45) is 0 Å². The first-order valence-electron chi connectivity index (χ1n) is 4.64. The third-order valence-electron chi connectivity index (χ3n) is 2.71. The summed E-state index contributed by atoms with van der Waals surface area (Å²) < 4.78 is 5.22. The fourth-order valence-corrected chi connectivity index (χ4v) is 1.78. The van der Waals surface area contributed by atoms with Gasteiger partial charge in [0.15, 0.2) is 6.61 Å². The van der Waals surface area contributed by atoms with Gasteiger partial charge in [0.05, 0.1) is 5.56 Å². The molecule has 0 amide bonds. The van der Waals surface area contributed by atoms with E-state index in [1.165, 1.54) is 18.4 Å². The quantitative estimate of drug-likeness (QED) is 0.652. The average molecular weight is 174 g/mol. The SMILES string of the molecule is O=C1COc2ccc(C3CC3)cc21. The number of hydrogen-bond acceptors (Lipinski definition) is 2. The molecule has 2 aliphatic rings. The molecule has 66 valence electrons. The van der Waals surface area contributed by atoms with Crippen LogP contribution in [0.2, 0.25) is 0 Å². The normalized spacial score (nSPS) is 19.8. The molecule has 1 aromatic carbocycles. The molecule has 2 heteroatoms. The van der Waals surface area contributed by atoms with E-state index < -0.39 is 0 Å². The molecule has 3 rings (SSSR count). The number of carbonyl (C=O) groups excluding carboxylic acids is 1.